The van der Waals surface area contributed by atoms with E-state index in [-0.39, 0.29) is 11.7 Å². The molecule has 0 saturated heterocycles. The van der Waals surface area contributed by atoms with Crippen LogP contribution in [-0.2, 0) is 11.8 Å². The first-order valence-electron chi connectivity index (χ1n) is 4.54. The maximum Gasteiger partial charge on any atom is 0.185 e. The Morgan fingerprint density at radius 3 is 2.92 bits per heavy atom. The summed E-state index contributed by atoms with van der Waals surface area (Å²) in [4.78, 5) is 12.9. The second-order valence-electron chi connectivity index (χ2n) is 3.40. The van der Waals surface area contributed by atoms with Crippen LogP contribution in [0.1, 0.15) is 37.4 Å². The van der Waals surface area contributed by atoms with Gasteiger partial charge in [0.1, 0.15) is 5.78 Å². The van der Waals surface area contributed by atoms with Crippen molar-refractivity contribution in [2.75, 3.05) is 0 Å². The molecule has 0 aromatic carbocycles. The molecule has 1 unspecified atom stereocenters. The molecule has 0 N–H and O–H groups in total. The van der Waals surface area contributed by atoms with Crippen molar-refractivity contribution < 1.29 is 4.79 Å². The first-order chi connectivity index (χ1) is 6.27. The molecule has 13 heavy (non-hydrogen) atoms. The normalized spacial score (nSPS) is 23.5. The number of nitrogens with zero attached hydrogens (tertiary/aromatic N) is 4. The van der Waals surface area contributed by atoms with Gasteiger partial charge in [-0.2, -0.15) is 4.80 Å². The summed E-state index contributed by atoms with van der Waals surface area (Å²) in [6, 6.07) is 0. The van der Waals surface area contributed by atoms with Gasteiger partial charge in [0.2, 0.25) is 0 Å². The zero-order chi connectivity index (χ0) is 9.26. The molecule has 1 aliphatic rings. The maximum absolute atomic E-state index is 11.5. The molecule has 1 aromatic rings. The number of ketones is 1. The van der Waals surface area contributed by atoms with Crippen molar-refractivity contribution in [1.29, 1.82) is 0 Å². The fourth-order valence-corrected chi connectivity index (χ4v) is 1.69. The van der Waals surface area contributed by atoms with Crippen LogP contribution in [0.4, 0.5) is 0 Å². The van der Waals surface area contributed by atoms with E-state index in [0.29, 0.717) is 12.2 Å². The Labute approximate surface area is 76.1 Å². The number of Topliss-reactive ketones (excluding diaryl/α,β-unsaturated/α-hetero) is 1. The van der Waals surface area contributed by atoms with Gasteiger partial charge >= 0.3 is 0 Å². The van der Waals surface area contributed by atoms with Crippen molar-refractivity contribution in [1.82, 2.24) is 20.2 Å². The molecule has 0 radical (unpaired) electrons. The van der Waals surface area contributed by atoms with Crippen LogP contribution in [0.3, 0.4) is 0 Å². The van der Waals surface area contributed by atoms with Crippen LogP contribution in [0.25, 0.3) is 0 Å². The number of carbonyl (C=O) groups excluding carboxylic acids is 1. The molecule has 1 aliphatic carbocycles. The summed E-state index contributed by atoms with van der Waals surface area (Å²) in [6.45, 7) is 0. The molecule has 1 fully saturated rings. The Hall–Kier alpha value is -1.26. The number of aryl methyl sites for hydroxylation is 1. The fourth-order valence-electron chi connectivity index (χ4n) is 1.69. The predicted molar refractivity (Wildman–Crippen MR) is 45.0 cm³/mol. The van der Waals surface area contributed by atoms with Crippen molar-refractivity contribution in [2.24, 2.45) is 7.05 Å². The molecule has 5 heteroatoms. The van der Waals surface area contributed by atoms with Crippen molar-refractivity contribution in [3.05, 3.63) is 5.82 Å². The number of tetrazole rings is 1. The lowest BCUT2D eigenvalue weighted by Crippen LogP contribution is -2.18. The van der Waals surface area contributed by atoms with Gasteiger partial charge in [0.25, 0.3) is 0 Å². The maximum atomic E-state index is 11.5. The second kappa shape index (κ2) is 3.24. The topological polar surface area (TPSA) is 60.7 Å². The SMILES string of the molecule is Cn1nnc(C2CCCCC2=O)n1. The lowest BCUT2D eigenvalue weighted by atomic mass is 9.87. The lowest BCUT2D eigenvalue weighted by Gasteiger charge is -2.16. The number of carbonyl (C=O) groups is 1. The highest BCUT2D eigenvalue weighted by Gasteiger charge is 2.27. The standard InChI is InChI=1S/C8H12N4O/c1-12-10-8(9-11-12)6-4-2-3-5-7(6)13/h6H,2-5H2,1H3. The quantitative estimate of drug-likeness (QED) is 0.629. The zero-order valence-electron chi connectivity index (χ0n) is 7.60. The van der Waals surface area contributed by atoms with Gasteiger partial charge in [0.15, 0.2) is 5.82 Å². The van der Waals surface area contributed by atoms with Gasteiger partial charge in [0.05, 0.1) is 13.0 Å². The van der Waals surface area contributed by atoms with Crippen LogP contribution in [-0.4, -0.2) is 26.0 Å². The number of rotatable bonds is 1. The minimum atomic E-state index is -0.0950. The molecule has 1 saturated carbocycles. The Morgan fingerprint density at radius 2 is 2.31 bits per heavy atom. The Bertz CT molecular complexity index is 320. The van der Waals surface area contributed by atoms with Crippen LogP contribution >= 0.6 is 0 Å². The Kier molecular flexibility index (Phi) is 2.08. The molecule has 0 spiro atoms. The summed E-state index contributed by atoms with van der Waals surface area (Å²) in [7, 11) is 1.71. The summed E-state index contributed by atoms with van der Waals surface area (Å²) in [5.74, 6) is 0.758. The third-order valence-corrected chi connectivity index (χ3v) is 2.39. The highest BCUT2D eigenvalue weighted by molar-refractivity contribution is 5.85. The van der Waals surface area contributed by atoms with E-state index in [1.807, 2.05) is 0 Å². The van der Waals surface area contributed by atoms with Gasteiger partial charge in [-0.25, -0.2) is 0 Å². The van der Waals surface area contributed by atoms with E-state index in [1.165, 1.54) is 4.80 Å². The summed E-state index contributed by atoms with van der Waals surface area (Å²) in [6.07, 6.45) is 3.65. The molecular weight excluding hydrogens is 168 g/mol. The molecule has 2 rings (SSSR count). The summed E-state index contributed by atoms with van der Waals surface area (Å²) in [5.41, 5.74) is 0. The van der Waals surface area contributed by atoms with Gasteiger partial charge in [-0.3, -0.25) is 4.79 Å². The minimum Gasteiger partial charge on any atom is -0.299 e. The van der Waals surface area contributed by atoms with E-state index in [0.717, 1.165) is 19.3 Å². The molecule has 1 atom stereocenters. The van der Waals surface area contributed by atoms with E-state index in [4.69, 9.17) is 0 Å². The van der Waals surface area contributed by atoms with Crippen LogP contribution in [0.2, 0.25) is 0 Å². The smallest absolute Gasteiger partial charge is 0.185 e. The van der Waals surface area contributed by atoms with E-state index in [9.17, 15) is 4.79 Å². The van der Waals surface area contributed by atoms with Crippen molar-refractivity contribution in [2.45, 2.75) is 31.6 Å². The molecule has 1 aromatic heterocycles. The van der Waals surface area contributed by atoms with Gasteiger partial charge < -0.3 is 0 Å². The molecular formula is C8H12N4O. The molecule has 0 amide bonds. The lowest BCUT2D eigenvalue weighted by molar-refractivity contribution is -0.122. The number of hydrogen-bond acceptors (Lipinski definition) is 4. The third kappa shape index (κ3) is 1.59. The van der Waals surface area contributed by atoms with Gasteiger partial charge in [0, 0.05) is 6.42 Å². The highest BCUT2D eigenvalue weighted by atomic mass is 16.1. The van der Waals surface area contributed by atoms with E-state index < -0.39 is 0 Å². The fraction of sp³-hybridized carbons (Fsp3) is 0.750. The van der Waals surface area contributed by atoms with Gasteiger partial charge in [-0.05, 0) is 18.1 Å². The largest absolute Gasteiger partial charge is 0.299 e. The molecule has 70 valence electrons. The van der Waals surface area contributed by atoms with Crippen molar-refractivity contribution >= 4 is 5.78 Å². The van der Waals surface area contributed by atoms with Crippen molar-refractivity contribution in [3.8, 4) is 0 Å². The molecule has 0 bridgehead atoms. The molecule has 0 aliphatic heterocycles. The summed E-state index contributed by atoms with van der Waals surface area (Å²) in [5, 5.41) is 11.7. The minimum absolute atomic E-state index is 0.0950. The first-order valence-corrected chi connectivity index (χ1v) is 4.54. The molecule has 1 heterocycles. The van der Waals surface area contributed by atoms with Crippen LogP contribution in [0.15, 0.2) is 0 Å². The summed E-state index contributed by atoms with van der Waals surface area (Å²) < 4.78 is 0. The van der Waals surface area contributed by atoms with E-state index >= 15 is 0 Å². The monoisotopic (exact) mass is 180 g/mol. The van der Waals surface area contributed by atoms with Gasteiger partial charge in [-0.1, -0.05) is 6.42 Å². The average Bonchev–Trinajstić information content (AvgIpc) is 2.53. The predicted octanol–water partition coefficient (Wildman–Crippen LogP) is 0.437. The Morgan fingerprint density at radius 1 is 1.46 bits per heavy atom. The van der Waals surface area contributed by atoms with Gasteiger partial charge in [-0.15, -0.1) is 10.2 Å². The Balaban J connectivity index is 2.19. The van der Waals surface area contributed by atoms with Crippen molar-refractivity contribution in [3.63, 3.8) is 0 Å². The van der Waals surface area contributed by atoms with Crippen LogP contribution < -0.4 is 0 Å². The number of hydrogen-bond donors (Lipinski definition) is 0. The second-order valence-corrected chi connectivity index (χ2v) is 3.40. The first kappa shape index (κ1) is 8.34. The van der Waals surface area contributed by atoms with Crippen LogP contribution in [0.5, 0.6) is 0 Å². The zero-order valence-corrected chi connectivity index (χ0v) is 7.60. The van der Waals surface area contributed by atoms with E-state index in [1.54, 1.807) is 7.05 Å². The summed E-state index contributed by atoms with van der Waals surface area (Å²) >= 11 is 0. The van der Waals surface area contributed by atoms with E-state index in [2.05, 4.69) is 15.4 Å². The molecule has 5 nitrogen and oxygen atoms in total. The van der Waals surface area contributed by atoms with Crippen LogP contribution in [0, 0.1) is 0 Å². The number of aromatic nitrogens is 4. The highest BCUT2D eigenvalue weighted by Crippen LogP contribution is 2.26. The third-order valence-electron chi connectivity index (χ3n) is 2.39. The average molecular weight is 180 g/mol.